The molecule has 168 valence electrons. The number of hydrogen-bond donors (Lipinski definition) is 3. The van der Waals surface area contributed by atoms with Gasteiger partial charge in [-0.3, -0.25) is 9.89 Å². The molecule has 2 atom stereocenters. The van der Waals surface area contributed by atoms with Crippen LogP contribution in [0.3, 0.4) is 0 Å². The van der Waals surface area contributed by atoms with Crippen molar-refractivity contribution in [3.63, 3.8) is 0 Å². The van der Waals surface area contributed by atoms with Gasteiger partial charge in [-0.2, -0.15) is 10.1 Å². The topological polar surface area (TPSA) is 102 Å². The number of carbonyl (C=O) groups is 1. The second-order valence-electron chi connectivity index (χ2n) is 9.08. The molecule has 1 fully saturated rings. The van der Waals surface area contributed by atoms with Crippen molar-refractivity contribution >= 4 is 34.3 Å². The Morgan fingerprint density at radius 1 is 1.22 bits per heavy atom. The van der Waals surface area contributed by atoms with E-state index >= 15 is 0 Å². The molecule has 2 aliphatic heterocycles. The van der Waals surface area contributed by atoms with Gasteiger partial charge in [0.05, 0.1) is 30.5 Å². The third-order valence-electron chi connectivity index (χ3n) is 6.65. The third-order valence-corrected chi connectivity index (χ3v) is 6.65. The van der Waals surface area contributed by atoms with E-state index in [1.807, 2.05) is 29.3 Å². The van der Waals surface area contributed by atoms with Gasteiger partial charge in [0, 0.05) is 43.2 Å². The van der Waals surface area contributed by atoms with Crippen LogP contribution in [-0.2, 0) is 17.9 Å². The molecule has 2 unspecified atom stereocenters. The van der Waals surface area contributed by atoms with E-state index in [9.17, 15) is 4.79 Å². The number of rotatable bonds is 4. The molecule has 0 spiro atoms. The number of H-pyrrole nitrogens is 1. The zero-order chi connectivity index (χ0) is 22.2. The Bertz CT molecular complexity index is 1140. The van der Waals surface area contributed by atoms with Gasteiger partial charge in [0.25, 0.3) is 0 Å². The van der Waals surface area contributed by atoms with Crippen LogP contribution in [0.25, 0.3) is 10.9 Å². The second kappa shape index (κ2) is 8.38. The molecule has 0 aliphatic carbocycles. The summed E-state index contributed by atoms with van der Waals surface area (Å²) in [5.41, 5.74) is 3.82. The lowest BCUT2D eigenvalue weighted by molar-refractivity contribution is -0.129. The van der Waals surface area contributed by atoms with E-state index in [0.29, 0.717) is 31.0 Å². The van der Waals surface area contributed by atoms with Crippen LogP contribution in [0.4, 0.5) is 17.5 Å². The number of nitrogens with one attached hydrogen (secondary N) is 3. The summed E-state index contributed by atoms with van der Waals surface area (Å²) in [4.78, 5) is 25.9. The van der Waals surface area contributed by atoms with Crippen LogP contribution in [0, 0.1) is 5.92 Å². The summed E-state index contributed by atoms with van der Waals surface area (Å²) in [6.07, 6.45) is 4.09. The summed E-state index contributed by atoms with van der Waals surface area (Å²) >= 11 is 0. The average Bonchev–Trinajstić information content (AvgIpc) is 3.36. The molecule has 32 heavy (non-hydrogen) atoms. The highest BCUT2D eigenvalue weighted by Gasteiger charge is 2.29. The first-order chi connectivity index (χ1) is 15.5. The molecule has 3 N–H and O–H groups in total. The van der Waals surface area contributed by atoms with Gasteiger partial charge >= 0.3 is 0 Å². The number of hydrogen-bond acceptors (Lipinski definition) is 7. The lowest BCUT2D eigenvalue weighted by Crippen LogP contribution is -2.40. The normalized spacial score (nSPS) is 20.8. The average molecular weight is 435 g/mol. The van der Waals surface area contributed by atoms with E-state index in [1.165, 1.54) is 6.42 Å². The zero-order valence-electron chi connectivity index (χ0n) is 18.9. The summed E-state index contributed by atoms with van der Waals surface area (Å²) in [7, 11) is 2.07. The SMILES string of the molecule is CC(=O)N1Cc2nc(N(C)C3CCC(C)CNC3)nc(Nc3ccc4[nH]ncc4c3)c2C1. The molecule has 4 heterocycles. The minimum absolute atomic E-state index is 0.0469. The van der Waals surface area contributed by atoms with Crippen LogP contribution in [0.15, 0.2) is 24.4 Å². The molecule has 0 bridgehead atoms. The number of likely N-dealkylation sites (N-methyl/N-ethyl adjacent to an activating group) is 1. The fourth-order valence-corrected chi connectivity index (χ4v) is 4.55. The van der Waals surface area contributed by atoms with Crippen LogP contribution in [0.2, 0.25) is 0 Å². The fraction of sp³-hybridized carbons (Fsp3) is 0.478. The molecule has 9 nitrogen and oxygen atoms in total. The molecule has 2 aliphatic rings. The summed E-state index contributed by atoms with van der Waals surface area (Å²) in [6.45, 7) is 6.89. The van der Waals surface area contributed by atoms with Crippen molar-refractivity contribution in [3.05, 3.63) is 35.7 Å². The number of fused-ring (bicyclic) bond motifs is 2. The van der Waals surface area contributed by atoms with Crippen LogP contribution in [0.1, 0.15) is 37.9 Å². The van der Waals surface area contributed by atoms with Crippen molar-refractivity contribution < 1.29 is 4.79 Å². The monoisotopic (exact) mass is 434 g/mol. The largest absolute Gasteiger partial charge is 0.340 e. The predicted molar refractivity (Wildman–Crippen MR) is 125 cm³/mol. The first-order valence-electron chi connectivity index (χ1n) is 11.3. The van der Waals surface area contributed by atoms with Gasteiger partial charge < -0.3 is 20.4 Å². The molecular formula is C23H30N8O. The molecule has 9 heteroatoms. The number of aromatic amines is 1. The van der Waals surface area contributed by atoms with E-state index in [1.54, 1.807) is 6.92 Å². The van der Waals surface area contributed by atoms with Crippen molar-refractivity contribution in [2.75, 3.05) is 30.4 Å². The highest BCUT2D eigenvalue weighted by molar-refractivity contribution is 5.83. The summed E-state index contributed by atoms with van der Waals surface area (Å²) in [5.74, 6) is 2.18. The third kappa shape index (κ3) is 4.00. The van der Waals surface area contributed by atoms with Gasteiger partial charge in [-0.25, -0.2) is 4.98 Å². The van der Waals surface area contributed by atoms with Gasteiger partial charge in [0.1, 0.15) is 5.82 Å². The van der Waals surface area contributed by atoms with Gasteiger partial charge in [-0.05, 0) is 43.5 Å². The lowest BCUT2D eigenvalue weighted by atomic mass is 10.0. The first-order valence-corrected chi connectivity index (χ1v) is 11.3. The Morgan fingerprint density at radius 2 is 2.09 bits per heavy atom. The van der Waals surface area contributed by atoms with E-state index in [-0.39, 0.29) is 5.91 Å². The number of amides is 1. The zero-order valence-corrected chi connectivity index (χ0v) is 18.9. The van der Waals surface area contributed by atoms with E-state index in [0.717, 1.165) is 53.2 Å². The lowest BCUT2D eigenvalue weighted by Gasteiger charge is -2.28. The Morgan fingerprint density at radius 3 is 2.94 bits per heavy atom. The summed E-state index contributed by atoms with van der Waals surface area (Å²) in [6, 6.07) is 6.38. The van der Waals surface area contributed by atoms with E-state index in [4.69, 9.17) is 9.97 Å². The Kier molecular flexibility index (Phi) is 5.42. The Balaban J connectivity index is 1.48. The Hall–Kier alpha value is -3.20. The van der Waals surface area contributed by atoms with Crippen molar-refractivity contribution in [2.45, 2.75) is 45.8 Å². The number of carbonyl (C=O) groups excluding carboxylic acids is 1. The molecule has 3 aromatic rings. The predicted octanol–water partition coefficient (Wildman–Crippen LogP) is 2.78. The maximum atomic E-state index is 12.1. The minimum Gasteiger partial charge on any atom is -0.340 e. The smallest absolute Gasteiger partial charge is 0.227 e. The number of nitrogens with zero attached hydrogens (tertiary/aromatic N) is 5. The molecular weight excluding hydrogens is 404 g/mol. The van der Waals surface area contributed by atoms with Crippen LogP contribution in [-0.4, -0.2) is 57.2 Å². The molecule has 5 rings (SSSR count). The van der Waals surface area contributed by atoms with Gasteiger partial charge in [0.15, 0.2) is 0 Å². The molecule has 0 saturated carbocycles. The number of aromatic nitrogens is 4. The minimum atomic E-state index is 0.0469. The number of anilines is 3. The van der Waals surface area contributed by atoms with Crippen LogP contribution in [0.5, 0.6) is 0 Å². The van der Waals surface area contributed by atoms with Crippen molar-refractivity contribution in [3.8, 4) is 0 Å². The number of benzene rings is 1. The van der Waals surface area contributed by atoms with Crippen LogP contribution < -0.4 is 15.5 Å². The van der Waals surface area contributed by atoms with E-state index < -0.39 is 0 Å². The quantitative estimate of drug-likeness (QED) is 0.580. The van der Waals surface area contributed by atoms with Gasteiger partial charge in [0.2, 0.25) is 11.9 Å². The summed E-state index contributed by atoms with van der Waals surface area (Å²) in [5, 5.41) is 15.2. The Labute approximate surface area is 187 Å². The molecule has 1 amide bonds. The molecule has 1 saturated heterocycles. The maximum Gasteiger partial charge on any atom is 0.227 e. The highest BCUT2D eigenvalue weighted by atomic mass is 16.2. The summed E-state index contributed by atoms with van der Waals surface area (Å²) < 4.78 is 0. The first kappa shape index (κ1) is 20.7. The molecule has 2 aromatic heterocycles. The molecule has 0 radical (unpaired) electrons. The standard InChI is InChI=1S/C23H30N8O/c1-14-4-6-18(11-24-9-14)30(3)23-27-21-13-31(15(2)32)12-19(21)22(28-23)26-17-5-7-20-16(8-17)10-25-29-20/h5,7-8,10,14,18,24H,4,6,9,11-13H2,1-3H3,(H,25,29)(H,26,27,28). The van der Waals surface area contributed by atoms with Crippen molar-refractivity contribution in [1.29, 1.82) is 0 Å². The fourth-order valence-electron chi connectivity index (χ4n) is 4.55. The van der Waals surface area contributed by atoms with Crippen molar-refractivity contribution in [2.24, 2.45) is 5.92 Å². The molecule has 1 aromatic carbocycles. The van der Waals surface area contributed by atoms with Crippen molar-refractivity contribution in [1.82, 2.24) is 30.4 Å². The van der Waals surface area contributed by atoms with Gasteiger partial charge in [-0.1, -0.05) is 6.92 Å². The van der Waals surface area contributed by atoms with E-state index in [2.05, 4.69) is 39.7 Å². The van der Waals surface area contributed by atoms with Crippen LogP contribution >= 0.6 is 0 Å². The van der Waals surface area contributed by atoms with Gasteiger partial charge in [-0.15, -0.1) is 0 Å². The highest BCUT2D eigenvalue weighted by Crippen LogP contribution is 2.32. The second-order valence-corrected chi connectivity index (χ2v) is 9.08. The maximum absolute atomic E-state index is 12.1.